The summed E-state index contributed by atoms with van der Waals surface area (Å²) in [5, 5.41) is 0. The van der Waals surface area contributed by atoms with Crippen LogP contribution in [0.25, 0.3) is 0 Å². The number of carbonyl (C=O) groups excluding carboxylic acids is 4. The Morgan fingerprint density at radius 3 is 2.23 bits per heavy atom. The topological polar surface area (TPSA) is 84.0 Å². The Morgan fingerprint density at radius 1 is 0.943 bits per heavy atom. The Bertz CT molecular complexity index is 1240. The van der Waals surface area contributed by atoms with Crippen LogP contribution in [0.15, 0.2) is 83.3 Å². The van der Waals surface area contributed by atoms with Gasteiger partial charge < -0.3 is 4.74 Å². The molecule has 1 aliphatic rings. The number of likely N-dealkylation sites (N-methyl/N-ethyl adjacent to an activating group) is 1. The summed E-state index contributed by atoms with van der Waals surface area (Å²) in [4.78, 5) is 53.3. The van der Waals surface area contributed by atoms with Crippen molar-refractivity contribution < 1.29 is 23.9 Å². The van der Waals surface area contributed by atoms with Gasteiger partial charge in [-0.05, 0) is 49.0 Å². The van der Waals surface area contributed by atoms with Gasteiger partial charge in [-0.3, -0.25) is 19.3 Å². The lowest BCUT2D eigenvalue weighted by Gasteiger charge is -2.23. The number of nitrogens with zero attached hydrogens (tertiary/aromatic N) is 2. The molecule has 0 saturated carbocycles. The Morgan fingerprint density at radius 2 is 1.57 bits per heavy atom. The second kappa shape index (κ2) is 10.8. The molecule has 0 spiro atoms. The van der Waals surface area contributed by atoms with Crippen molar-refractivity contribution in [1.82, 2.24) is 4.90 Å². The van der Waals surface area contributed by atoms with Crippen LogP contribution in [-0.2, 0) is 20.9 Å². The van der Waals surface area contributed by atoms with Crippen LogP contribution in [-0.4, -0.2) is 48.2 Å². The quantitative estimate of drug-likeness (QED) is 0.244. The van der Waals surface area contributed by atoms with Crippen molar-refractivity contribution in [3.8, 4) is 0 Å². The molecule has 1 unspecified atom stereocenters. The Hall–Kier alpha value is -3.62. The van der Waals surface area contributed by atoms with Crippen LogP contribution in [0.1, 0.15) is 32.7 Å². The highest BCUT2D eigenvalue weighted by Gasteiger charge is 2.41. The van der Waals surface area contributed by atoms with Crippen molar-refractivity contribution in [2.75, 3.05) is 18.6 Å². The molecule has 0 aromatic heterocycles. The van der Waals surface area contributed by atoms with Crippen molar-refractivity contribution in [2.24, 2.45) is 0 Å². The lowest BCUT2D eigenvalue weighted by atomic mass is 10.1. The number of ketones is 1. The van der Waals surface area contributed by atoms with Crippen LogP contribution < -0.4 is 4.90 Å². The van der Waals surface area contributed by atoms with Crippen molar-refractivity contribution in [3.05, 3.63) is 100 Å². The number of imide groups is 1. The van der Waals surface area contributed by atoms with E-state index in [1.165, 1.54) is 24.3 Å². The molecular weight excluding hydrogens is 512 g/mol. The molecule has 35 heavy (non-hydrogen) atoms. The minimum Gasteiger partial charge on any atom is -0.454 e. The van der Waals surface area contributed by atoms with Crippen molar-refractivity contribution in [3.63, 3.8) is 0 Å². The van der Waals surface area contributed by atoms with E-state index in [0.717, 1.165) is 14.9 Å². The molecule has 0 N–H and O–H groups in total. The van der Waals surface area contributed by atoms with E-state index in [-0.39, 0.29) is 36.2 Å². The first kappa shape index (κ1) is 24.5. The smallest absolute Gasteiger partial charge is 0.338 e. The standard InChI is InChI=1S/C27H23BrN2O5/c1-29(16-18-5-3-2-4-6-18)23-15-25(32)30(26(23)33)22-13-9-20(10-14-22)27(34)35-17-24(31)19-7-11-21(28)12-8-19/h2-14,23H,15-17H2,1H3. The van der Waals surface area contributed by atoms with Crippen molar-refractivity contribution >= 4 is 45.2 Å². The third kappa shape index (κ3) is 5.72. The van der Waals surface area contributed by atoms with E-state index in [1.807, 2.05) is 42.3 Å². The van der Waals surface area contributed by atoms with E-state index in [2.05, 4.69) is 15.9 Å². The number of benzene rings is 3. The van der Waals surface area contributed by atoms with Gasteiger partial charge in [0, 0.05) is 16.6 Å². The minimum atomic E-state index is -0.665. The van der Waals surface area contributed by atoms with Gasteiger partial charge in [0.1, 0.15) is 0 Å². The van der Waals surface area contributed by atoms with E-state index in [0.29, 0.717) is 17.8 Å². The first-order chi connectivity index (χ1) is 16.8. The van der Waals surface area contributed by atoms with Gasteiger partial charge in [0.15, 0.2) is 12.4 Å². The molecule has 0 aliphatic carbocycles. The number of halogens is 1. The first-order valence-corrected chi connectivity index (χ1v) is 11.8. The summed E-state index contributed by atoms with van der Waals surface area (Å²) in [6, 6.07) is 21.9. The molecule has 3 aromatic rings. The number of carbonyl (C=O) groups is 4. The first-order valence-electron chi connectivity index (χ1n) is 11.0. The summed E-state index contributed by atoms with van der Waals surface area (Å²) < 4.78 is 5.98. The fourth-order valence-electron chi connectivity index (χ4n) is 3.89. The normalized spacial score (nSPS) is 15.5. The lowest BCUT2D eigenvalue weighted by Crippen LogP contribution is -2.39. The van der Waals surface area contributed by atoms with Crippen LogP contribution in [0, 0.1) is 0 Å². The van der Waals surface area contributed by atoms with E-state index in [4.69, 9.17) is 4.74 Å². The maximum Gasteiger partial charge on any atom is 0.338 e. The van der Waals surface area contributed by atoms with Gasteiger partial charge in [-0.25, -0.2) is 9.69 Å². The van der Waals surface area contributed by atoms with Gasteiger partial charge in [0.05, 0.1) is 23.7 Å². The van der Waals surface area contributed by atoms with Gasteiger partial charge in [0.2, 0.25) is 5.91 Å². The van der Waals surface area contributed by atoms with Crippen LogP contribution >= 0.6 is 15.9 Å². The Balaban J connectivity index is 1.37. The van der Waals surface area contributed by atoms with Gasteiger partial charge in [-0.15, -0.1) is 0 Å². The number of hydrogen-bond donors (Lipinski definition) is 0. The average molecular weight is 535 g/mol. The molecule has 1 fully saturated rings. The second-order valence-corrected chi connectivity index (χ2v) is 9.16. The number of esters is 1. The predicted octanol–water partition coefficient (Wildman–Crippen LogP) is 4.25. The summed E-state index contributed by atoms with van der Waals surface area (Å²) in [6.45, 7) is 0.156. The molecule has 1 atom stereocenters. The van der Waals surface area contributed by atoms with E-state index < -0.39 is 12.0 Å². The molecule has 8 heteroatoms. The second-order valence-electron chi connectivity index (χ2n) is 8.24. The maximum atomic E-state index is 13.0. The monoisotopic (exact) mass is 534 g/mol. The molecule has 0 bridgehead atoms. The van der Waals surface area contributed by atoms with Gasteiger partial charge in [-0.1, -0.05) is 58.4 Å². The largest absolute Gasteiger partial charge is 0.454 e. The molecule has 7 nitrogen and oxygen atoms in total. The Kier molecular flexibility index (Phi) is 7.53. The highest BCUT2D eigenvalue weighted by Crippen LogP contribution is 2.26. The predicted molar refractivity (Wildman–Crippen MR) is 134 cm³/mol. The number of rotatable bonds is 8. The molecule has 0 radical (unpaired) electrons. The molecule has 4 rings (SSSR count). The average Bonchev–Trinajstić information content (AvgIpc) is 3.17. The highest BCUT2D eigenvalue weighted by molar-refractivity contribution is 9.10. The molecule has 2 amide bonds. The van der Waals surface area contributed by atoms with Crippen molar-refractivity contribution in [1.29, 1.82) is 0 Å². The zero-order chi connectivity index (χ0) is 24.9. The third-order valence-electron chi connectivity index (χ3n) is 5.79. The number of anilines is 1. The van der Waals surface area contributed by atoms with Crippen LogP contribution in [0.3, 0.4) is 0 Å². The zero-order valence-corrected chi connectivity index (χ0v) is 20.6. The van der Waals surface area contributed by atoms with E-state index in [9.17, 15) is 19.2 Å². The van der Waals surface area contributed by atoms with Gasteiger partial charge in [-0.2, -0.15) is 0 Å². The SMILES string of the molecule is CN(Cc1ccccc1)C1CC(=O)N(c2ccc(C(=O)OCC(=O)c3ccc(Br)cc3)cc2)C1=O. The molecule has 1 heterocycles. The number of amides is 2. The Labute approximate surface area is 211 Å². The van der Waals surface area contributed by atoms with E-state index >= 15 is 0 Å². The van der Waals surface area contributed by atoms with Crippen LogP contribution in [0.4, 0.5) is 5.69 Å². The fourth-order valence-corrected chi connectivity index (χ4v) is 4.16. The summed E-state index contributed by atoms with van der Waals surface area (Å²) >= 11 is 3.30. The minimum absolute atomic E-state index is 0.0874. The number of hydrogen-bond acceptors (Lipinski definition) is 6. The summed E-state index contributed by atoms with van der Waals surface area (Å²) in [5.41, 5.74) is 2.09. The molecule has 178 valence electrons. The van der Waals surface area contributed by atoms with Gasteiger partial charge in [0.25, 0.3) is 5.91 Å². The van der Waals surface area contributed by atoms with Gasteiger partial charge >= 0.3 is 5.97 Å². The summed E-state index contributed by atoms with van der Waals surface area (Å²) in [7, 11) is 1.82. The van der Waals surface area contributed by atoms with Crippen LogP contribution in [0.5, 0.6) is 0 Å². The summed E-state index contributed by atoms with van der Waals surface area (Å²) in [6.07, 6.45) is 0.0874. The van der Waals surface area contributed by atoms with E-state index in [1.54, 1.807) is 24.3 Å². The van der Waals surface area contributed by atoms with Crippen molar-refractivity contribution in [2.45, 2.75) is 19.0 Å². The third-order valence-corrected chi connectivity index (χ3v) is 6.32. The van der Waals surface area contributed by atoms with Crippen LogP contribution in [0.2, 0.25) is 0 Å². The number of ether oxygens (including phenoxy) is 1. The molecule has 3 aromatic carbocycles. The molecule has 1 aliphatic heterocycles. The highest BCUT2D eigenvalue weighted by atomic mass is 79.9. The zero-order valence-electron chi connectivity index (χ0n) is 19.0. The maximum absolute atomic E-state index is 13.0. The number of Topliss-reactive ketones (excluding diaryl/α,β-unsaturated/α-hetero) is 1. The fraction of sp³-hybridized carbons (Fsp3) is 0.185. The lowest BCUT2D eigenvalue weighted by molar-refractivity contribution is -0.122. The molecular formula is C27H23BrN2O5. The summed E-state index contributed by atoms with van der Waals surface area (Å²) in [5.74, 6) is -1.58. The molecule has 1 saturated heterocycles.